The molecule has 1 aromatic carbocycles. The molecule has 0 saturated heterocycles. The number of carboxylic acid groups (broad SMARTS) is 1. The highest BCUT2D eigenvalue weighted by Gasteiger charge is 1.98. The predicted molar refractivity (Wildman–Crippen MR) is 52.3 cm³/mol. The molecule has 0 aliphatic heterocycles. The number of aliphatic carboxylic acids is 1. The summed E-state index contributed by atoms with van der Waals surface area (Å²) in [4.78, 5) is 10.1. The molecule has 0 aliphatic rings. The third-order valence-electron chi connectivity index (χ3n) is 1.16. The van der Waals surface area contributed by atoms with E-state index in [-0.39, 0.29) is 6.61 Å². The number of hydrogen-bond acceptors (Lipinski definition) is 2. The van der Waals surface area contributed by atoms with E-state index in [1.165, 1.54) is 0 Å². The predicted octanol–water partition coefficient (Wildman–Crippen LogP) is 1.75. The number of benzene rings is 1. The van der Waals surface area contributed by atoms with E-state index in [1.807, 2.05) is 12.1 Å². The van der Waals surface area contributed by atoms with Gasteiger partial charge in [-0.3, -0.25) is 0 Å². The van der Waals surface area contributed by atoms with Crippen molar-refractivity contribution in [3.8, 4) is 5.75 Å². The highest BCUT2D eigenvalue weighted by atomic mass is 127. The summed E-state index contributed by atoms with van der Waals surface area (Å²) in [6.45, 7) is -0.292. The first-order chi connectivity index (χ1) is 5.68. The standard InChI is InChI=1S/C8H7IO3/c9-6-2-1-3-7(4-6)12-5-8(10)11/h1-4H,5H2,(H,10,11). The molecule has 0 aliphatic carbocycles. The molecule has 1 rings (SSSR count). The Morgan fingerprint density at radius 1 is 1.58 bits per heavy atom. The van der Waals surface area contributed by atoms with Crippen molar-refractivity contribution in [2.75, 3.05) is 6.61 Å². The fourth-order valence-corrected chi connectivity index (χ4v) is 1.22. The molecule has 64 valence electrons. The van der Waals surface area contributed by atoms with Crippen molar-refractivity contribution < 1.29 is 14.6 Å². The fourth-order valence-electron chi connectivity index (χ4n) is 0.702. The molecule has 0 saturated carbocycles. The molecule has 0 aromatic heterocycles. The molecule has 0 amide bonds. The van der Waals surface area contributed by atoms with E-state index >= 15 is 0 Å². The minimum atomic E-state index is -0.964. The monoisotopic (exact) mass is 278 g/mol. The highest BCUT2D eigenvalue weighted by Crippen LogP contribution is 2.14. The van der Waals surface area contributed by atoms with Gasteiger partial charge in [0.1, 0.15) is 5.75 Å². The van der Waals surface area contributed by atoms with Gasteiger partial charge in [-0.05, 0) is 40.8 Å². The number of ether oxygens (including phenoxy) is 1. The van der Waals surface area contributed by atoms with Crippen molar-refractivity contribution >= 4 is 28.6 Å². The molecule has 0 atom stereocenters. The van der Waals surface area contributed by atoms with E-state index in [0.717, 1.165) is 3.57 Å². The number of carbonyl (C=O) groups is 1. The van der Waals surface area contributed by atoms with E-state index in [2.05, 4.69) is 22.6 Å². The summed E-state index contributed by atoms with van der Waals surface area (Å²) in [6.07, 6.45) is 0. The molecule has 1 aromatic rings. The molecule has 0 bridgehead atoms. The smallest absolute Gasteiger partial charge is 0.341 e. The number of rotatable bonds is 3. The van der Waals surface area contributed by atoms with Crippen LogP contribution in [0.3, 0.4) is 0 Å². The molecule has 0 fully saturated rings. The second-order valence-electron chi connectivity index (χ2n) is 2.14. The molecule has 0 radical (unpaired) electrons. The minimum absolute atomic E-state index is 0.292. The van der Waals surface area contributed by atoms with Gasteiger partial charge in [-0.2, -0.15) is 0 Å². The van der Waals surface area contributed by atoms with Crippen LogP contribution in [-0.4, -0.2) is 17.7 Å². The van der Waals surface area contributed by atoms with Crippen LogP contribution in [0.4, 0.5) is 0 Å². The summed E-state index contributed by atoms with van der Waals surface area (Å²) >= 11 is 2.14. The van der Waals surface area contributed by atoms with Gasteiger partial charge in [-0.1, -0.05) is 6.07 Å². The topological polar surface area (TPSA) is 46.5 Å². The van der Waals surface area contributed by atoms with Crippen molar-refractivity contribution in [3.05, 3.63) is 27.8 Å². The van der Waals surface area contributed by atoms with Crippen LogP contribution in [0.25, 0.3) is 0 Å². The third-order valence-corrected chi connectivity index (χ3v) is 1.83. The van der Waals surface area contributed by atoms with E-state index in [9.17, 15) is 4.79 Å². The summed E-state index contributed by atoms with van der Waals surface area (Å²) in [6, 6.07) is 7.24. The molecular formula is C8H7IO3. The van der Waals surface area contributed by atoms with E-state index < -0.39 is 5.97 Å². The maximum absolute atomic E-state index is 10.1. The number of halogens is 1. The Hall–Kier alpha value is -0.780. The van der Waals surface area contributed by atoms with Crippen LogP contribution in [0.5, 0.6) is 5.75 Å². The van der Waals surface area contributed by atoms with Crippen LogP contribution in [-0.2, 0) is 4.79 Å². The molecule has 12 heavy (non-hydrogen) atoms. The molecule has 3 nitrogen and oxygen atoms in total. The zero-order valence-electron chi connectivity index (χ0n) is 6.16. The molecule has 0 unspecified atom stereocenters. The summed E-state index contributed by atoms with van der Waals surface area (Å²) in [5.74, 6) is -0.377. The lowest BCUT2D eigenvalue weighted by molar-refractivity contribution is -0.139. The quantitative estimate of drug-likeness (QED) is 0.857. The van der Waals surface area contributed by atoms with Gasteiger partial charge in [-0.25, -0.2) is 4.79 Å². The van der Waals surface area contributed by atoms with Crippen molar-refractivity contribution in [2.24, 2.45) is 0 Å². The highest BCUT2D eigenvalue weighted by molar-refractivity contribution is 14.1. The number of carboxylic acids is 1. The average molecular weight is 278 g/mol. The molecular weight excluding hydrogens is 271 g/mol. The Bertz CT molecular complexity index is 285. The van der Waals surface area contributed by atoms with Crippen molar-refractivity contribution in [1.29, 1.82) is 0 Å². The number of hydrogen-bond donors (Lipinski definition) is 1. The summed E-state index contributed by atoms with van der Waals surface area (Å²) in [5, 5.41) is 8.32. The summed E-state index contributed by atoms with van der Waals surface area (Å²) < 4.78 is 5.97. The molecule has 1 N–H and O–H groups in total. The van der Waals surface area contributed by atoms with Crippen LogP contribution in [0.15, 0.2) is 24.3 Å². The first kappa shape index (κ1) is 9.31. The van der Waals surface area contributed by atoms with Gasteiger partial charge < -0.3 is 9.84 Å². The molecule has 4 heteroatoms. The normalized spacial score (nSPS) is 9.42. The Balaban J connectivity index is 2.57. The van der Waals surface area contributed by atoms with Crippen LogP contribution in [0, 0.1) is 3.57 Å². The van der Waals surface area contributed by atoms with Crippen LogP contribution in [0.1, 0.15) is 0 Å². The summed E-state index contributed by atoms with van der Waals surface area (Å²) in [7, 11) is 0. The molecule has 0 spiro atoms. The average Bonchev–Trinajstić information content (AvgIpc) is 2.01. The SMILES string of the molecule is O=C(O)COc1cccc(I)c1. The van der Waals surface area contributed by atoms with Gasteiger partial charge in [0.2, 0.25) is 0 Å². The van der Waals surface area contributed by atoms with E-state index in [0.29, 0.717) is 5.75 Å². The van der Waals surface area contributed by atoms with Crippen molar-refractivity contribution in [3.63, 3.8) is 0 Å². The Labute approximate surface area is 83.5 Å². The first-order valence-corrected chi connectivity index (χ1v) is 4.36. The second kappa shape index (κ2) is 4.30. The van der Waals surface area contributed by atoms with Gasteiger partial charge in [0.05, 0.1) is 0 Å². The summed E-state index contributed by atoms with van der Waals surface area (Å²) in [5.41, 5.74) is 0. The van der Waals surface area contributed by atoms with Gasteiger partial charge in [0, 0.05) is 3.57 Å². The van der Waals surface area contributed by atoms with Crippen molar-refractivity contribution in [2.45, 2.75) is 0 Å². The lowest BCUT2D eigenvalue weighted by Crippen LogP contribution is -2.09. The zero-order valence-corrected chi connectivity index (χ0v) is 8.32. The van der Waals surface area contributed by atoms with Crippen LogP contribution < -0.4 is 4.74 Å². The third kappa shape index (κ3) is 3.08. The largest absolute Gasteiger partial charge is 0.482 e. The van der Waals surface area contributed by atoms with Gasteiger partial charge in [-0.15, -0.1) is 0 Å². The van der Waals surface area contributed by atoms with Gasteiger partial charge in [0.25, 0.3) is 0 Å². The van der Waals surface area contributed by atoms with E-state index in [1.54, 1.807) is 12.1 Å². The Morgan fingerprint density at radius 2 is 2.33 bits per heavy atom. The maximum Gasteiger partial charge on any atom is 0.341 e. The minimum Gasteiger partial charge on any atom is -0.482 e. The first-order valence-electron chi connectivity index (χ1n) is 3.28. The Kier molecular flexibility index (Phi) is 3.33. The zero-order chi connectivity index (χ0) is 8.97. The maximum atomic E-state index is 10.1. The second-order valence-corrected chi connectivity index (χ2v) is 3.39. The lowest BCUT2D eigenvalue weighted by Gasteiger charge is -2.01. The van der Waals surface area contributed by atoms with Crippen LogP contribution in [0.2, 0.25) is 0 Å². The lowest BCUT2D eigenvalue weighted by atomic mass is 10.3. The fraction of sp³-hybridized carbons (Fsp3) is 0.125. The van der Waals surface area contributed by atoms with Gasteiger partial charge >= 0.3 is 5.97 Å². The van der Waals surface area contributed by atoms with Gasteiger partial charge in [0.15, 0.2) is 6.61 Å². The Morgan fingerprint density at radius 3 is 2.92 bits per heavy atom. The van der Waals surface area contributed by atoms with Crippen molar-refractivity contribution in [1.82, 2.24) is 0 Å². The van der Waals surface area contributed by atoms with E-state index in [4.69, 9.17) is 9.84 Å². The van der Waals surface area contributed by atoms with Crippen LogP contribution >= 0.6 is 22.6 Å². The molecule has 0 heterocycles.